The van der Waals surface area contributed by atoms with Crippen molar-refractivity contribution >= 4 is 6.03 Å². The first kappa shape index (κ1) is 12.5. The van der Waals surface area contributed by atoms with Gasteiger partial charge in [-0.05, 0) is 43.2 Å². The van der Waals surface area contributed by atoms with Crippen LogP contribution >= 0.6 is 0 Å². The zero-order chi connectivity index (χ0) is 13.1. The van der Waals surface area contributed by atoms with Crippen molar-refractivity contribution in [1.29, 1.82) is 0 Å². The van der Waals surface area contributed by atoms with E-state index in [2.05, 4.69) is 29.6 Å². The SMILES string of the molecule is O=C(NCC1CCCc2ccccc21)N1CCCC1. The maximum atomic E-state index is 12.0. The van der Waals surface area contributed by atoms with Gasteiger partial charge in [-0.25, -0.2) is 4.79 Å². The van der Waals surface area contributed by atoms with E-state index in [4.69, 9.17) is 0 Å². The van der Waals surface area contributed by atoms with E-state index < -0.39 is 0 Å². The van der Waals surface area contributed by atoms with Gasteiger partial charge in [0.1, 0.15) is 0 Å². The molecular formula is C16H22N2O. The van der Waals surface area contributed by atoms with Gasteiger partial charge in [0, 0.05) is 25.6 Å². The van der Waals surface area contributed by atoms with E-state index in [1.807, 2.05) is 4.90 Å². The van der Waals surface area contributed by atoms with Crippen LogP contribution in [-0.4, -0.2) is 30.6 Å². The summed E-state index contributed by atoms with van der Waals surface area (Å²) in [5, 5.41) is 3.12. The summed E-state index contributed by atoms with van der Waals surface area (Å²) in [6.45, 7) is 2.63. The van der Waals surface area contributed by atoms with Crippen molar-refractivity contribution in [2.75, 3.05) is 19.6 Å². The van der Waals surface area contributed by atoms with E-state index in [1.165, 1.54) is 30.4 Å². The molecule has 1 aliphatic carbocycles. The number of urea groups is 1. The van der Waals surface area contributed by atoms with E-state index in [1.54, 1.807) is 0 Å². The number of amides is 2. The summed E-state index contributed by atoms with van der Waals surface area (Å²) in [4.78, 5) is 14.0. The minimum absolute atomic E-state index is 0.126. The molecular weight excluding hydrogens is 236 g/mol. The highest BCUT2D eigenvalue weighted by Gasteiger charge is 2.22. The summed E-state index contributed by atoms with van der Waals surface area (Å²) >= 11 is 0. The second kappa shape index (κ2) is 5.64. The van der Waals surface area contributed by atoms with Crippen LogP contribution in [0.1, 0.15) is 42.7 Å². The molecule has 2 amide bonds. The lowest BCUT2D eigenvalue weighted by atomic mass is 9.83. The zero-order valence-electron chi connectivity index (χ0n) is 11.4. The van der Waals surface area contributed by atoms with Crippen LogP contribution < -0.4 is 5.32 Å². The van der Waals surface area contributed by atoms with Crippen LogP contribution in [0.2, 0.25) is 0 Å². The van der Waals surface area contributed by atoms with Crippen LogP contribution in [-0.2, 0) is 6.42 Å². The monoisotopic (exact) mass is 258 g/mol. The number of nitrogens with one attached hydrogen (secondary N) is 1. The fourth-order valence-electron chi connectivity index (χ4n) is 3.31. The summed E-state index contributed by atoms with van der Waals surface area (Å²) in [7, 11) is 0. The molecule has 1 N–H and O–H groups in total. The summed E-state index contributed by atoms with van der Waals surface area (Å²) in [5.74, 6) is 0.497. The van der Waals surface area contributed by atoms with Gasteiger partial charge in [-0.1, -0.05) is 24.3 Å². The Kier molecular flexibility index (Phi) is 3.72. The molecule has 1 unspecified atom stereocenters. The third-order valence-corrected chi connectivity index (χ3v) is 4.39. The first-order chi connectivity index (χ1) is 9.34. The highest BCUT2D eigenvalue weighted by atomic mass is 16.2. The molecule has 0 spiro atoms. The molecule has 2 aliphatic rings. The molecule has 1 atom stereocenters. The number of carbonyl (C=O) groups excluding carboxylic acids is 1. The van der Waals surface area contributed by atoms with Crippen molar-refractivity contribution < 1.29 is 4.79 Å². The van der Waals surface area contributed by atoms with Gasteiger partial charge in [0.05, 0.1) is 0 Å². The van der Waals surface area contributed by atoms with Gasteiger partial charge < -0.3 is 10.2 Å². The smallest absolute Gasteiger partial charge is 0.317 e. The average molecular weight is 258 g/mol. The number of carbonyl (C=O) groups is 1. The third kappa shape index (κ3) is 2.75. The molecule has 1 aromatic carbocycles. The average Bonchev–Trinajstić information content (AvgIpc) is 2.99. The van der Waals surface area contributed by atoms with E-state index in [-0.39, 0.29) is 6.03 Å². The molecule has 1 heterocycles. The van der Waals surface area contributed by atoms with Crippen molar-refractivity contribution in [3.63, 3.8) is 0 Å². The topological polar surface area (TPSA) is 32.3 Å². The Morgan fingerprint density at radius 3 is 2.84 bits per heavy atom. The summed E-state index contributed by atoms with van der Waals surface area (Å²) in [6.07, 6.45) is 5.92. The van der Waals surface area contributed by atoms with E-state index in [0.29, 0.717) is 5.92 Å². The Morgan fingerprint density at radius 2 is 2.00 bits per heavy atom. The van der Waals surface area contributed by atoms with Gasteiger partial charge in [-0.3, -0.25) is 0 Å². The predicted molar refractivity (Wildman–Crippen MR) is 76.3 cm³/mol. The number of rotatable bonds is 2. The van der Waals surface area contributed by atoms with Gasteiger partial charge >= 0.3 is 6.03 Å². The van der Waals surface area contributed by atoms with E-state index in [9.17, 15) is 4.79 Å². The lowest BCUT2D eigenvalue weighted by Gasteiger charge is -2.26. The van der Waals surface area contributed by atoms with Gasteiger partial charge in [0.25, 0.3) is 0 Å². The largest absolute Gasteiger partial charge is 0.337 e. The molecule has 1 aliphatic heterocycles. The fourth-order valence-corrected chi connectivity index (χ4v) is 3.31. The molecule has 3 rings (SSSR count). The van der Waals surface area contributed by atoms with Crippen molar-refractivity contribution in [3.8, 4) is 0 Å². The molecule has 0 radical (unpaired) electrons. The molecule has 3 nitrogen and oxygen atoms in total. The van der Waals surface area contributed by atoms with Crippen LogP contribution in [0.5, 0.6) is 0 Å². The highest BCUT2D eigenvalue weighted by Crippen LogP contribution is 2.30. The van der Waals surface area contributed by atoms with Crippen LogP contribution in [0.25, 0.3) is 0 Å². The van der Waals surface area contributed by atoms with Gasteiger partial charge in [0.2, 0.25) is 0 Å². The molecule has 0 aromatic heterocycles. The van der Waals surface area contributed by atoms with E-state index >= 15 is 0 Å². The Labute approximate surface area is 115 Å². The number of likely N-dealkylation sites (tertiary alicyclic amines) is 1. The Bertz CT molecular complexity index is 452. The fraction of sp³-hybridized carbons (Fsp3) is 0.562. The number of benzene rings is 1. The Balaban J connectivity index is 1.60. The van der Waals surface area contributed by atoms with Gasteiger partial charge in [0.15, 0.2) is 0 Å². The van der Waals surface area contributed by atoms with Crippen LogP contribution in [0, 0.1) is 0 Å². The van der Waals surface area contributed by atoms with Crippen molar-refractivity contribution in [1.82, 2.24) is 10.2 Å². The van der Waals surface area contributed by atoms with Crippen molar-refractivity contribution in [2.45, 2.75) is 38.0 Å². The zero-order valence-corrected chi connectivity index (χ0v) is 11.4. The number of nitrogens with zero attached hydrogens (tertiary/aromatic N) is 1. The number of hydrogen-bond acceptors (Lipinski definition) is 1. The molecule has 3 heteroatoms. The number of aryl methyl sites for hydroxylation is 1. The quantitative estimate of drug-likeness (QED) is 0.869. The third-order valence-electron chi connectivity index (χ3n) is 4.39. The minimum Gasteiger partial charge on any atom is -0.337 e. The van der Waals surface area contributed by atoms with Crippen molar-refractivity contribution in [2.24, 2.45) is 0 Å². The Hall–Kier alpha value is -1.51. The summed E-state index contributed by atoms with van der Waals surface area (Å²) in [5.41, 5.74) is 2.91. The summed E-state index contributed by atoms with van der Waals surface area (Å²) < 4.78 is 0. The maximum Gasteiger partial charge on any atom is 0.317 e. The molecule has 0 saturated carbocycles. The molecule has 0 bridgehead atoms. The van der Waals surface area contributed by atoms with Crippen molar-refractivity contribution in [3.05, 3.63) is 35.4 Å². The standard InChI is InChI=1S/C16H22N2O/c19-16(18-10-3-4-11-18)17-12-14-8-5-7-13-6-1-2-9-15(13)14/h1-2,6,9,14H,3-5,7-8,10-12H2,(H,17,19). The lowest BCUT2D eigenvalue weighted by Crippen LogP contribution is -2.40. The lowest BCUT2D eigenvalue weighted by molar-refractivity contribution is 0.208. The Morgan fingerprint density at radius 1 is 1.21 bits per heavy atom. The predicted octanol–water partition coefficient (Wildman–Crippen LogP) is 2.91. The molecule has 1 saturated heterocycles. The number of hydrogen-bond donors (Lipinski definition) is 1. The van der Waals surface area contributed by atoms with Gasteiger partial charge in [-0.15, -0.1) is 0 Å². The van der Waals surface area contributed by atoms with E-state index in [0.717, 1.165) is 32.5 Å². The second-order valence-electron chi connectivity index (χ2n) is 5.67. The maximum absolute atomic E-state index is 12.0. The molecule has 19 heavy (non-hydrogen) atoms. The minimum atomic E-state index is 0.126. The number of fused-ring (bicyclic) bond motifs is 1. The van der Waals surface area contributed by atoms with Crippen LogP contribution in [0.15, 0.2) is 24.3 Å². The molecule has 102 valence electrons. The van der Waals surface area contributed by atoms with Crippen LogP contribution in [0.3, 0.4) is 0 Å². The van der Waals surface area contributed by atoms with Crippen LogP contribution in [0.4, 0.5) is 4.79 Å². The van der Waals surface area contributed by atoms with Gasteiger partial charge in [-0.2, -0.15) is 0 Å². The molecule has 1 fully saturated rings. The second-order valence-corrected chi connectivity index (χ2v) is 5.67. The molecule has 1 aromatic rings. The highest BCUT2D eigenvalue weighted by molar-refractivity contribution is 5.74. The summed E-state index contributed by atoms with van der Waals surface area (Å²) in [6, 6.07) is 8.80. The normalized spacial score (nSPS) is 22.1. The first-order valence-corrected chi connectivity index (χ1v) is 7.45. The first-order valence-electron chi connectivity index (χ1n) is 7.45.